The number of ether oxygens (including phenoxy) is 1. The third kappa shape index (κ3) is 2.46. The molecule has 110 valence electrons. The van der Waals surface area contributed by atoms with Crippen molar-refractivity contribution in [1.82, 2.24) is 9.78 Å². The number of nitrogens with two attached hydrogens (primary N) is 1. The van der Waals surface area contributed by atoms with Crippen LogP contribution in [0.15, 0.2) is 0 Å². The number of aromatic nitrogens is 2. The first-order chi connectivity index (χ1) is 9.70. The van der Waals surface area contributed by atoms with Gasteiger partial charge in [0.25, 0.3) is 0 Å². The van der Waals surface area contributed by atoms with Crippen LogP contribution >= 0.6 is 0 Å². The Morgan fingerprint density at radius 2 is 2.10 bits per heavy atom. The van der Waals surface area contributed by atoms with Gasteiger partial charge in [-0.3, -0.25) is 0 Å². The van der Waals surface area contributed by atoms with Crippen molar-refractivity contribution in [2.45, 2.75) is 44.6 Å². The van der Waals surface area contributed by atoms with E-state index in [1.165, 1.54) is 32.8 Å². The summed E-state index contributed by atoms with van der Waals surface area (Å²) in [5.74, 6) is 1.30. The summed E-state index contributed by atoms with van der Waals surface area (Å²) >= 11 is 0. The van der Waals surface area contributed by atoms with Crippen LogP contribution in [0.25, 0.3) is 0 Å². The average Bonchev–Trinajstić information content (AvgIpc) is 3.00. The molecule has 0 atom stereocenters. The average molecular weight is 278 g/mol. The molecule has 0 aromatic carbocycles. The van der Waals surface area contributed by atoms with Crippen molar-refractivity contribution >= 4 is 17.6 Å². The van der Waals surface area contributed by atoms with E-state index in [4.69, 9.17) is 10.5 Å². The molecule has 1 aromatic heterocycles. The van der Waals surface area contributed by atoms with Gasteiger partial charge in [-0.05, 0) is 31.6 Å². The van der Waals surface area contributed by atoms with Crippen LogP contribution in [0.4, 0.5) is 11.6 Å². The SMILES string of the molecule is COC(=O)c1c(NCC2CC2)nn(C2CCCC2)c1N. The molecule has 2 fully saturated rings. The highest BCUT2D eigenvalue weighted by atomic mass is 16.5. The van der Waals surface area contributed by atoms with Crippen LogP contribution in [-0.2, 0) is 4.74 Å². The lowest BCUT2D eigenvalue weighted by Gasteiger charge is -2.11. The molecule has 0 bridgehead atoms. The number of nitrogen functional groups attached to an aromatic ring is 1. The molecule has 0 saturated heterocycles. The molecule has 3 N–H and O–H groups in total. The third-order valence-electron chi connectivity index (χ3n) is 4.26. The van der Waals surface area contributed by atoms with E-state index in [1.807, 2.05) is 4.68 Å². The molecule has 0 spiro atoms. The highest BCUT2D eigenvalue weighted by Crippen LogP contribution is 2.35. The van der Waals surface area contributed by atoms with Crippen LogP contribution in [0.3, 0.4) is 0 Å². The number of carbonyl (C=O) groups is 1. The number of rotatable bonds is 5. The molecule has 0 amide bonds. The van der Waals surface area contributed by atoms with Crippen molar-refractivity contribution < 1.29 is 9.53 Å². The number of nitrogens with zero attached hydrogens (tertiary/aromatic N) is 2. The van der Waals surface area contributed by atoms with Gasteiger partial charge in [0, 0.05) is 6.54 Å². The first kappa shape index (κ1) is 13.3. The van der Waals surface area contributed by atoms with Gasteiger partial charge in [0.05, 0.1) is 13.2 Å². The van der Waals surface area contributed by atoms with Gasteiger partial charge < -0.3 is 15.8 Å². The molecular weight excluding hydrogens is 256 g/mol. The first-order valence-electron chi connectivity index (χ1n) is 7.41. The van der Waals surface area contributed by atoms with Gasteiger partial charge in [-0.25, -0.2) is 9.48 Å². The van der Waals surface area contributed by atoms with Crippen molar-refractivity contribution in [3.63, 3.8) is 0 Å². The molecule has 20 heavy (non-hydrogen) atoms. The quantitative estimate of drug-likeness (QED) is 0.807. The standard InChI is InChI=1S/C14H22N4O2/c1-20-14(19)11-12(15)18(10-4-2-3-5-10)17-13(11)16-8-9-6-7-9/h9-10H,2-8,15H2,1H3,(H,16,17). The number of methoxy groups -OCH3 is 1. The molecule has 1 heterocycles. The second kappa shape index (κ2) is 5.34. The van der Waals surface area contributed by atoms with Crippen LogP contribution < -0.4 is 11.1 Å². The molecule has 0 radical (unpaired) electrons. The largest absolute Gasteiger partial charge is 0.465 e. The maximum absolute atomic E-state index is 11.9. The summed E-state index contributed by atoms with van der Waals surface area (Å²) in [6, 6.07) is 0.315. The molecular formula is C14H22N4O2. The van der Waals surface area contributed by atoms with Gasteiger partial charge in [0.2, 0.25) is 0 Å². The maximum Gasteiger partial charge on any atom is 0.345 e. The maximum atomic E-state index is 11.9. The number of carbonyl (C=O) groups excluding carboxylic acids is 1. The summed E-state index contributed by atoms with van der Waals surface area (Å²) in [4.78, 5) is 11.9. The Kier molecular flexibility index (Phi) is 3.54. The fourth-order valence-electron chi connectivity index (χ4n) is 2.86. The number of esters is 1. The minimum absolute atomic E-state index is 0.315. The second-order valence-corrected chi connectivity index (χ2v) is 5.81. The molecule has 6 nitrogen and oxygen atoms in total. The van der Waals surface area contributed by atoms with Crippen LogP contribution in [-0.4, -0.2) is 29.4 Å². The Labute approximate surface area is 118 Å². The van der Waals surface area contributed by atoms with E-state index in [-0.39, 0.29) is 0 Å². The molecule has 3 rings (SSSR count). The van der Waals surface area contributed by atoms with E-state index in [9.17, 15) is 4.79 Å². The minimum atomic E-state index is -0.412. The fraction of sp³-hybridized carbons (Fsp3) is 0.714. The smallest absolute Gasteiger partial charge is 0.345 e. The molecule has 1 aromatic rings. The predicted molar refractivity (Wildman–Crippen MR) is 76.7 cm³/mol. The van der Waals surface area contributed by atoms with Gasteiger partial charge in [-0.15, -0.1) is 0 Å². The van der Waals surface area contributed by atoms with Gasteiger partial charge in [-0.2, -0.15) is 5.10 Å². The molecule has 0 aliphatic heterocycles. The number of nitrogens with one attached hydrogen (secondary N) is 1. The number of anilines is 2. The highest BCUT2D eigenvalue weighted by Gasteiger charge is 2.29. The minimum Gasteiger partial charge on any atom is -0.465 e. The molecule has 6 heteroatoms. The molecule has 2 aliphatic carbocycles. The van der Waals surface area contributed by atoms with Crippen molar-refractivity contribution in [2.24, 2.45) is 5.92 Å². The van der Waals surface area contributed by atoms with Gasteiger partial charge >= 0.3 is 5.97 Å². The van der Waals surface area contributed by atoms with Gasteiger partial charge in [0.1, 0.15) is 11.4 Å². The first-order valence-corrected chi connectivity index (χ1v) is 7.41. The van der Waals surface area contributed by atoms with Crippen LogP contribution in [0.5, 0.6) is 0 Å². The zero-order chi connectivity index (χ0) is 14.1. The van der Waals surface area contributed by atoms with Crippen LogP contribution in [0.2, 0.25) is 0 Å². The molecule has 0 unspecified atom stereocenters. The van der Waals surface area contributed by atoms with E-state index >= 15 is 0 Å². The van der Waals surface area contributed by atoms with Crippen molar-refractivity contribution in [1.29, 1.82) is 0 Å². The number of hydrogen-bond acceptors (Lipinski definition) is 5. The van der Waals surface area contributed by atoms with E-state index < -0.39 is 5.97 Å². The van der Waals surface area contributed by atoms with Crippen LogP contribution in [0.1, 0.15) is 54.9 Å². The van der Waals surface area contributed by atoms with E-state index in [2.05, 4.69) is 10.4 Å². The Bertz CT molecular complexity index is 502. The predicted octanol–water partition coefficient (Wildman–Crippen LogP) is 2.19. The van der Waals surface area contributed by atoms with E-state index in [1.54, 1.807) is 0 Å². The zero-order valence-electron chi connectivity index (χ0n) is 11.9. The Morgan fingerprint density at radius 3 is 2.70 bits per heavy atom. The lowest BCUT2D eigenvalue weighted by atomic mass is 10.2. The fourth-order valence-corrected chi connectivity index (χ4v) is 2.86. The van der Waals surface area contributed by atoms with Crippen molar-refractivity contribution in [3.8, 4) is 0 Å². The summed E-state index contributed by atoms with van der Waals surface area (Å²) in [7, 11) is 1.37. The summed E-state index contributed by atoms with van der Waals surface area (Å²) in [5, 5.41) is 7.80. The third-order valence-corrected chi connectivity index (χ3v) is 4.26. The summed E-state index contributed by atoms with van der Waals surface area (Å²) in [6.07, 6.45) is 7.05. The number of hydrogen-bond donors (Lipinski definition) is 2. The van der Waals surface area contributed by atoms with Crippen molar-refractivity contribution in [2.75, 3.05) is 24.7 Å². The second-order valence-electron chi connectivity index (χ2n) is 5.81. The lowest BCUT2D eigenvalue weighted by Crippen LogP contribution is -2.12. The lowest BCUT2D eigenvalue weighted by molar-refractivity contribution is 0.0603. The Morgan fingerprint density at radius 1 is 1.40 bits per heavy atom. The van der Waals surface area contributed by atoms with Gasteiger partial charge in [0.15, 0.2) is 5.82 Å². The summed E-state index contributed by atoms with van der Waals surface area (Å²) < 4.78 is 6.66. The van der Waals surface area contributed by atoms with Crippen LogP contribution in [0, 0.1) is 5.92 Å². The summed E-state index contributed by atoms with van der Waals surface area (Å²) in [5.41, 5.74) is 6.53. The summed E-state index contributed by atoms with van der Waals surface area (Å²) in [6.45, 7) is 0.852. The normalized spacial score (nSPS) is 19.2. The van der Waals surface area contributed by atoms with Crippen molar-refractivity contribution in [3.05, 3.63) is 5.56 Å². The van der Waals surface area contributed by atoms with E-state index in [0.29, 0.717) is 29.2 Å². The highest BCUT2D eigenvalue weighted by molar-refractivity contribution is 5.99. The van der Waals surface area contributed by atoms with Gasteiger partial charge in [-0.1, -0.05) is 12.8 Å². The monoisotopic (exact) mass is 278 g/mol. The molecule has 2 aliphatic rings. The Balaban J connectivity index is 1.88. The molecule has 2 saturated carbocycles. The topological polar surface area (TPSA) is 82.2 Å². The Hall–Kier alpha value is -1.72. The zero-order valence-corrected chi connectivity index (χ0v) is 11.9. The van der Waals surface area contributed by atoms with E-state index in [0.717, 1.165) is 19.4 Å².